The number of aryl methyl sites for hydroxylation is 1. The lowest BCUT2D eigenvalue weighted by Gasteiger charge is -2.18. The number of hydrogen-bond donors (Lipinski definition) is 2. The van der Waals surface area contributed by atoms with Gasteiger partial charge in [0.2, 0.25) is 0 Å². The maximum atomic E-state index is 13.4. The summed E-state index contributed by atoms with van der Waals surface area (Å²) in [4.78, 5) is 11.5. The molecule has 0 saturated heterocycles. The van der Waals surface area contributed by atoms with Crippen molar-refractivity contribution < 1.29 is 14.3 Å². The van der Waals surface area contributed by atoms with Crippen LogP contribution in [0, 0.1) is 12.7 Å². The monoisotopic (exact) mass is 327 g/mol. The highest BCUT2D eigenvalue weighted by atomic mass is 35.5. The summed E-state index contributed by atoms with van der Waals surface area (Å²) in [6.45, 7) is 1.72. The van der Waals surface area contributed by atoms with Crippen LogP contribution in [0.15, 0.2) is 36.4 Å². The zero-order valence-corrected chi connectivity index (χ0v) is 12.5. The highest BCUT2D eigenvalue weighted by Gasteiger charge is 2.23. The van der Waals surface area contributed by atoms with Gasteiger partial charge >= 0.3 is 5.97 Å². The van der Waals surface area contributed by atoms with Crippen molar-refractivity contribution in [1.29, 1.82) is 0 Å². The molecule has 6 heteroatoms. The van der Waals surface area contributed by atoms with Crippen LogP contribution in [0.5, 0.6) is 0 Å². The van der Waals surface area contributed by atoms with Gasteiger partial charge in [-0.25, -0.2) is 9.18 Å². The highest BCUT2D eigenvalue weighted by molar-refractivity contribution is 6.42. The fraction of sp³-hybridized carbons (Fsp3) is 0.133. The van der Waals surface area contributed by atoms with Gasteiger partial charge in [0.05, 0.1) is 10.0 Å². The van der Waals surface area contributed by atoms with Crippen LogP contribution in [0.2, 0.25) is 10.0 Å². The van der Waals surface area contributed by atoms with Crippen molar-refractivity contribution in [3.05, 3.63) is 63.4 Å². The van der Waals surface area contributed by atoms with E-state index in [1.54, 1.807) is 31.2 Å². The average Bonchev–Trinajstić information content (AvgIpc) is 2.38. The van der Waals surface area contributed by atoms with Crippen LogP contribution in [0.4, 0.5) is 10.1 Å². The standard InChI is InChI=1S/C15H12Cl2FNO2/c1-8-5-9(18)7-10(6-8)19-14(15(20)21)11-3-2-4-12(16)13(11)17/h2-7,14,19H,1H3,(H,20,21). The SMILES string of the molecule is Cc1cc(F)cc(NC(C(=O)O)c2cccc(Cl)c2Cl)c1. The number of rotatable bonds is 4. The molecule has 2 aromatic carbocycles. The Balaban J connectivity index is 2.40. The molecule has 0 heterocycles. The summed E-state index contributed by atoms with van der Waals surface area (Å²) in [6.07, 6.45) is 0. The molecule has 21 heavy (non-hydrogen) atoms. The summed E-state index contributed by atoms with van der Waals surface area (Å²) in [7, 11) is 0. The van der Waals surface area contributed by atoms with E-state index in [2.05, 4.69) is 5.32 Å². The van der Waals surface area contributed by atoms with Crippen LogP contribution >= 0.6 is 23.2 Å². The molecule has 0 amide bonds. The van der Waals surface area contributed by atoms with Gasteiger partial charge in [-0.3, -0.25) is 0 Å². The van der Waals surface area contributed by atoms with Gasteiger partial charge in [0.25, 0.3) is 0 Å². The molecule has 3 nitrogen and oxygen atoms in total. The molecule has 0 fully saturated rings. The van der Waals surface area contributed by atoms with Crippen LogP contribution in [0.25, 0.3) is 0 Å². The van der Waals surface area contributed by atoms with Crippen molar-refractivity contribution >= 4 is 34.9 Å². The van der Waals surface area contributed by atoms with E-state index >= 15 is 0 Å². The van der Waals surface area contributed by atoms with Crippen molar-refractivity contribution in [3.63, 3.8) is 0 Å². The van der Waals surface area contributed by atoms with Crippen molar-refractivity contribution in [2.75, 3.05) is 5.32 Å². The zero-order valence-electron chi connectivity index (χ0n) is 11.0. The molecular formula is C15H12Cl2FNO2. The highest BCUT2D eigenvalue weighted by Crippen LogP contribution is 2.32. The molecule has 2 rings (SSSR count). The Morgan fingerprint density at radius 1 is 1.29 bits per heavy atom. The summed E-state index contributed by atoms with van der Waals surface area (Å²) in [5, 5.41) is 12.6. The Hall–Kier alpha value is -1.78. The van der Waals surface area contributed by atoms with Gasteiger partial charge in [0.1, 0.15) is 5.82 Å². The Labute approximate surface area is 131 Å². The van der Waals surface area contributed by atoms with E-state index in [0.717, 1.165) is 0 Å². The fourth-order valence-electron chi connectivity index (χ4n) is 2.00. The van der Waals surface area contributed by atoms with Crippen molar-refractivity contribution in [2.45, 2.75) is 13.0 Å². The number of anilines is 1. The molecular weight excluding hydrogens is 316 g/mol. The molecule has 0 aliphatic heterocycles. The Kier molecular flexibility index (Phi) is 4.70. The Morgan fingerprint density at radius 3 is 2.62 bits per heavy atom. The van der Waals surface area contributed by atoms with Gasteiger partial charge in [-0.15, -0.1) is 0 Å². The third kappa shape index (κ3) is 3.65. The maximum absolute atomic E-state index is 13.4. The number of halogens is 3. The topological polar surface area (TPSA) is 49.3 Å². The summed E-state index contributed by atoms with van der Waals surface area (Å²) in [6, 6.07) is 7.84. The first-order valence-corrected chi connectivity index (χ1v) is 6.84. The third-order valence-corrected chi connectivity index (χ3v) is 3.73. The van der Waals surface area contributed by atoms with E-state index in [1.165, 1.54) is 12.1 Å². The van der Waals surface area contributed by atoms with Crippen LogP contribution in [0.3, 0.4) is 0 Å². The van der Waals surface area contributed by atoms with Gasteiger partial charge in [0.15, 0.2) is 6.04 Å². The molecule has 0 aliphatic rings. The summed E-state index contributed by atoms with van der Waals surface area (Å²) < 4.78 is 13.4. The van der Waals surface area contributed by atoms with Gasteiger partial charge < -0.3 is 10.4 Å². The van der Waals surface area contributed by atoms with E-state index in [0.29, 0.717) is 16.8 Å². The molecule has 0 spiro atoms. The second-order valence-electron chi connectivity index (χ2n) is 4.58. The smallest absolute Gasteiger partial charge is 0.330 e. The number of carbonyl (C=O) groups is 1. The van der Waals surface area contributed by atoms with Crippen molar-refractivity contribution in [2.24, 2.45) is 0 Å². The van der Waals surface area contributed by atoms with Gasteiger partial charge in [-0.05, 0) is 36.8 Å². The molecule has 0 aliphatic carbocycles. The second kappa shape index (κ2) is 6.33. The molecule has 2 N–H and O–H groups in total. The first-order chi connectivity index (χ1) is 9.88. The van der Waals surface area contributed by atoms with Gasteiger partial charge in [0, 0.05) is 11.3 Å². The molecule has 1 atom stereocenters. The first-order valence-electron chi connectivity index (χ1n) is 6.09. The molecule has 0 saturated carbocycles. The van der Waals surface area contributed by atoms with Crippen molar-refractivity contribution in [3.8, 4) is 0 Å². The number of hydrogen-bond acceptors (Lipinski definition) is 2. The quantitative estimate of drug-likeness (QED) is 0.857. The summed E-state index contributed by atoms with van der Waals surface area (Å²) >= 11 is 12.0. The average molecular weight is 328 g/mol. The number of aliphatic carboxylic acids is 1. The normalized spacial score (nSPS) is 12.0. The summed E-state index contributed by atoms with van der Waals surface area (Å²) in [5.41, 5.74) is 1.35. The van der Waals surface area contributed by atoms with E-state index in [-0.39, 0.29) is 10.0 Å². The van der Waals surface area contributed by atoms with Crippen molar-refractivity contribution in [1.82, 2.24) is 0 Å². The summed E-state index contributed by atoms with van der Waals surface area (Å²) in [5.74, 6) is -1.58. The van der Waals surface area contributed by atoms with Crippen LogP contribution in [-0.2, 0) is 4.79 Å². The van der Waals surface area contributed by atoms with E-state index < -0.39 is 17.8 Å². The van der Waals surface area contributed by atoms with Crippen LogP contribution in [-0.4, -0.2) is 11.1 Å². The third-order valence-electron chi connectivity index (χ3n) is 2.89. The second-order valence-corrected chi connectivity index (χ2v) is 5.36. The van der Waals surface area contributed by atoms with E-state index in [4.69, 9.17) is 23.2 Å². The van der Waals surface area contributed by atoms with E-state index in [9.17, 15) is 14.3 Å². The molecule has 0 bridgehead atoms. The zero-order chi connectivity index (χ0) is 15.6. The fourth-order valence-corrected chi connectivity index (χ4v) is 2.42. The first kappa shape index (κ1) is 15.6. The lowest BCUT2D eigenvalue weighted by molar-refractivity contribution is -0.138. The molecule has 0 aromatic heterocycles. The molecule has 1 unspecified atom stereocenters. The minimum Gasteiger partial charge on any atom is -0.479 e. The Morgan fingerprint density at radius 2 is 2.00 bits per heavy atom. The number of nitrogens with one attached hydrogen (secondary N) is 1. The van der Waals surface area contributed by atoms with Gasteiger partial charge in [-0.2, -0.15) is 0 Å². The number of carboxylic acids is 1. The van der Waals surface area contributed by atoms with E-state index in [1.807, 2.05) is 0 Å². The maximum Gasteiger partial charge on any atom is 0.330 e. The minimum absolute atomic E-state index is 0.159. The number of carboxylic acid groups (broad SMARTS) is 1. The Bertz CT molecular complexity index is 671. The number of benzene rings is 2. The minimum atomic E-state index is -1.14. The largest absolute Gasteiger partial charge is 0.479 e. The predicted molar refractivity (Wildman–Crippen MR) is 81.6 cm³/mol. The molecule has 0 radical (unpaired) electrons. The van der Waals surface area contributed by atoms with Crippen LogP contribution < -0.4 is 5.32 Å². The lowest BCUT2D eigenvalue weighted by atomic mass is 10.1. The molecule has 110 valence electrons. The van der Waals surface area contributed by atoms with Gasteiger partial charge in [-0.1, -0.05) is 35.3 Å². The molecule has 2 aromatic rings. The predicted octanol–water partition coefficient (Wildman–Crippen LogP) is 4.68. The van der Waals surface area contributed by atoms with Crippen LogP contribution in [0.1, 0.15) is 17.2 Å². The lowest BCUT2D eigenvalue weighted by Crippen LogP contribution is -2.21.